The molecule has 1 saturated heterocycles. The molecule has 19 heavy (non-hydrogen) atoms. The number of halogens is 1. The summed E-state index contributed by atoms with van der Waals surface area (Å²) in [5, 5.41) is 0. The number of nitrogens with zero attached hydrogens (tertiary/aromatic N) is 1. The van der Waals surface area contributed by atoms with E-state index in [1.165, 1.54) is 24.8 Å². The lowest BCUT2D eigenvalue weighted by atomic mass is 10.0. The predicted molar refractivity (Wildman–Crippen MR) is 81.2 cm³/mol. The van der Waals surface area contributed by atoms with Crippen LogP contribution in [0.5, 0.6) is 0 Å². The van der Waals surface area contributed by atoms with E-state index < -0.39 is 0 Å². The first-order valence-electron chi connectivity index (χ1n) is 7.35. The normalized spacial score (nSPS) is 32.6. The minimum Gasteiger partial charge on any atom is -0.371 e. The summed E-state index contributed by atoms with van der Waals surface area (Å²) in [6, 6.07) is 9.35. The Labute approximate surface area is 124 Å². The fourth-order valence-electron chi connectivity index (χ4n) is 3.52. The predicted octanol–water partition coefficient (Wildman–Crippen LogP) is 4.01. The first-order valence-corrected chi connectivity index (χ1v) is 8.14. The molecule has 1 heterocycles. The Bertz CT molecular complexity index is 419. The summed E-state index contributed by atoms with van der Waals surface area (Å²) in [7, 11) is 0. The Morgan fingerprint density at radius 2 is 2.00 bits per heavy atom. The lowest BCUT2D eigenvalue weighted by Crippen LogP contribution is -2.45. The second-order valence-corrected chi connectivity index (χ2v) is 6.80. The van der Waals surface area contributed by atoms with Crippen LogP contribution < -0.4 is 0 Å². The van der Waals surface area contributed by atoms with Crippen molar-refractivity contribution >= 4 is 15.9 Å². The zero-order valence-electron chi connectivity index (χ0n) is 11.5. The molecule has 1 saturated carbocycles. The summed E-state index contributed by atoms with van der Waals surface area (Å²) in [6.45, 7) is 5.42. The summed E-state index contributed by atoms with van der Waals surface area (Å²) in [5.41, 5.74) is 1.30. The quantitative estimate of drug-likeness (QED) is 0.815. The summed E-state index contributed by atoms with van der Waals surface area (Å²) < 4.78 is 7.10. The summed E-state index contributed by atoms with van der Waals surface area (Å²) in [5.74, 6) is 0.851. The topological polar surface area (TPSA) is 12.5 Å². The molecule has 3 atom stereocenters. The van der Waals surface area contributed by atoms with Gasteiger partial charge in [-0.25, -0.2) is 0 Å². The van der Waals surface area contributed by atoms with Crippen LogP contribution in [-0.4, -0.2) is 30.6 Å². The number of morpholine rings is 1. The van der Waals surface area contributed by atoms with Gasteiger partial charge in [0.15, 0.2) is 0 Å². The van der Waals surface area contributed by atoms with Crippen LogP contribution in [0.3, 0.4) is 0 Å². The second kappa shape index (κ2) is 5.94. The average molecular weight is 324 g/mol. The van der Waals surface area contributed by atoms with Gasteiger partial charge in [-0.3, -0.25) is 4.90 Å². The van der Waals surface area contributed by atoms with Crippen LogP contribution in [-0.2, 0) is 4.74 Å². The van der Waals surface area contributed by atoms with E-state index in [1.54, 1.807) is 0 Å². The maximum Gasteiger partial charge on any atom is 0.0952 e. The highest BCUT2D eigenvalue weighted by Gasteiger charge is 2.32. The van der Waals surface area contributed by atoms with Gasteiger partial charge < -0.3 is 4.74 Å². The fraction of sp³-hybridized carbons (Fsp3) is 0.625. The molecule has 0 aromatic heterocycles. The third kappa shape index (κ3) is 3.04. The first kappa shape index (κ1) is 13.6. The van der Waals surface area contributed by atoms with Crippen molar-refractivity contribution < 1.29 is 4.74 Å². The van der Waals surface area contributed by atoms with Crippen molar-refractivity contribution in [3.63, 3.8) is 0 Å². The van der Waals surface area contributed by atoms with Crippen LogP contribution in [0, 0.1) is 5.92 Å². The van der Waals surface area contributed by atoms with Crippen molar-refractivity contribution in [3.05, 3.63) is 34.3 Å². The molecule has 104 valence electrons. The largest absolute Gasteiger partial charge is 0.371 e. The number of benzene rings is 1. The molecule has 1 aromatic rings. The number of ether oxygens (including phenoxy) is 1. The molecule has 1 aromatic carbocycles. The van der Waals surface area contributed by atoms with E-state index in [2.05, 4.69) is 52.0 Å². The minimum absolute atomic E-state index is 0.245. The van der Waals surface area contributed by atoms with E-state index >= 15 is 0 Å². The Hall–Kier alpha value is -0.380. The maximum absolute atomic E-state index is 5.97. The molecule has 0 amide bonds. The van der Waals surface area contributed by atoms with Crippen LogP contribution in [0.4, 0.5) is 0 Å². The minimum atomic E-state index is 0.245. The molecule has 0 N–H and O–H groups in total. The van der Waals surface area contributed by atoms with Crippen molar-refractivity contribution in [3.8, 4) is 0 Å². The zero-order valence-corrected chi connectivity index (χ0v) is 13.1. The zero-order chi connectivity index (χ0) is 13.2. The van der Waals surface area contributed by atoms with Crippen LogP contribution in [0.2, 0.25) is 0 Å². The van der Waals surface area contributed by atoms with Crippen LogP contribution in [0.25, 0.3) is 0 Å². The SMILES string of the molecule is C[C@@H]1CCC[C@@H]1N1CCO[C@H](c2ccc(Br)cc2)C1. The molecule has 1 aliphatic heterocycles. The van der Waals surface area contributed by atoms with Crippen molar-refractivity contribution in [2.24, 2.45) is 5.92 Å². The van der Waals surface area contributed by atoms with E-state index in [-0.39, 0.29) is 6.10 Å². The van der Waals surface area contributed by atoms with Gasteiger partial charge in [0.25, 0.3) is 0 Å². The molecule has 2 nitrogen and oxygen atoms in total. The van der Waals surface area contributed by atoms with Gasteiger partial charge in [0.2, 0.25) is 0 Å². The van der Waals surface area contributed by atoms with E-state index in [0.717, 1.165) is 36.1 Å². The average Bonchev–Trinajstić information content (AvgIpc) is 2.86. The molecule has 0 unspecified atom stereocenters. The van der Waals surface area contributed by atoms with Gasteiger partial charge in [-0.05, 0) is 36.5 Å². The van der Waals surface area contributed by atoms with Crippen LogP contribution in [0.15, 0.2) is 28.7 Å². The lowest BCUT2D eigenvalue weighted by molar-refractivity contribution is -0.0493. The molecule has 3 heteroatoms. The molecule has 0 spiro atoms. The second-order valence-electron chi connectivity index (χ2n) is 5.88. The highest BCUT2D eigenvalue weighted by Crippen LogP contribution is 2.33. The van der Waals surface area contributed by atoms with Gasteiger partial charge in [0.05, 0.1) is 12.7 Å². The molecule has 0 bridgehead atoms. The molecular formula is C16H22BrNO. The molecular weight excluding hydrogens is 302 g/mol. The standard InChI is InChI=1S/C16H22BrNO/c1-12-3-2-4-15(12)18-9-10-19-16(11-18)13-5-7-14(17)8-6-13/h5-8,12,15-16H,2-4,9-11H2,1H3/t12-,15+,16+/m1/s1. The summed E-state index contributed by atoms with van der Waals surface area (Å²) in [4.78, 5) is 2.66. The Morgan fingerprint density at radius 1 is 1.21 bits per heavy atom. The number of rotatable bonds is 2. The molecule has 2 aliphatic rings. The summed E-state index contributed by atoms with van der Waals surface area (Å²) in [6.07, 6.45) is 4.40. The van der Waals surface area contributed by atoms with Gasteiger partial charge in [-0.15, -0.1) is 0 Å². The van der Waals surface area contributed by atoms with E-state index in [0.29, 0.717) is 0 Å². The van der Waals surface area contributed by atoms with Crippen LogP contribution >= 0.6 is 15.9 Å². The Morgan fingerprint density at radius 3 is 2.68 bits per heavy atom. The van der Waals surface area contributed by atoms with E-state index in [4.69, 9.17) is 4.74 Å². The van der Waals surface area contributed by atoms with Crippen molar-refractivity contribution in [2.45, 2.75) is 38.3 Å². The van der Waals surface area contributed by atoms with Gasteiger partial charge >= 0.3 is 0 Å². The van der Waals surface area contributed by atoms with Gasteiger partial charge in [-0.2, -0.15) is 0 Å². The smallest absolute Gasteiger partial charge is 0.0952 e. The summed E-state index contributed by atoms with van der Waals surface area (Å²) >= 11 is 3.49. The van der Waals surface area contributed by atoms with Crippen molar-refractivity contribution in [1.29, 1.82) is 0 Å². The molecule has 2 fully saturated rings. The van der Waals surface area contributed by atoms with Crippen LogP contribution in [0.1, 0.15) is 37.9 Å². The third-order valence-electron chi connectivity index (χ3n) is 4.62. The fourth-order valence-corrected chi connectivity index (χ4v) is 3.78. The first-order chi connectivity index (χ1) is 9.24. The maximum atomic E-state index is 5.97. The van der Waals surface area contributed by atoms with Gasteiger partial charge in [0, 0.05) is 23.6 Å². The molecule has 1 aliphatic carbocycles. The monoisotopic (exact) mass is 323 g/mol. The number of hydrogen-bond donors (Lipinski definition) is 0. The van der Waals surface area contributed by atoms with Crippen molar-refractivity contribution in [1.82, 2.24) is 4.90 Å². The lowest BCUT2D eigenvalue weighted by Gasteiger charge is -2.38. The van der Waals surface area contributed by atoms with Gasteiger partial charge in [-0.1, -0.05) is 41.4 Å². The van der Waals surface area contributed by atoms with Crippen molar-refractivity contribution in [2.75, 3.05) is 19.7 Å². The van der Waals surface area contributed by atoms with Gasteiger partial charge in [0.1, 0.15) is 0 Å². The van der Waals surface area contributed by atoms with E-state index in [9.17, 15) is 0 Å². The Balaban J connectivity index is 1.69. The molecule has 3 rings (SSSR count). The van der Waals surface area contributed by atoms with E-state index in [1.807, 2.05) is 0 Å². The highest BCUT2D eigenvalue weighted by molar-refractivity contribution is 9.10. The third-order valence-corrected chi connectivity index (χ3v) is 5.15. The Kier molecular flexibility index (Phi) is 4.25. The number of hydrogen-bond acceptors (Lipinski definition) is 2. The molecule has 0 radical (unpaired) electrons. The highest BCUT2D eigenvalue weighted by atomic mass is 79.9.